The van der Waals surface area contributed by atoms with Gasteiger partial charge in [0.05, 0.1) is 7.11 Å². The maximum Gasteiger partial charge on any atom is 0.123 e. The Bertz CT molecular complexity index is 546. The summed E-state index contributed by atoms with van der Waals surface area (Å²) in [4.78, 5) is 0. The van der Waals surface area contributed by atoms with Gasteiger partial charge in [0.2, 0.25) is 0 Å². The molecule has 0 atom stereocenters. The molecule has 0 saturated heterocycles. The van der Waals surface area contributed by atoms with Gasteiger partial charge in [-0.15, -0.1) is 0 Å². The number of rotatable bonds is 7. The monoisotopic (exact) mass is 270 g/mol. The Hall–Kier alpha value is -2.42. The smallest absolute Gasteiger partial charge is 0.123 e. The van der Waals surface area contributed by atoms with E-state index in [2.05, 4.69) is 6.58 Å². The van der Waals surface area contributed by atoms with Gasteiger partial charge >= 0.3 is 0 Å². The summed E-state index contributed by atoms with van der Waals surface area (Å²) >= 11 is 0. The van der Waals surface area contributed by atoms with E-state index in [9.17, 15) is 0 Å². The predicted molar refractivity (Wildman–Crippen MR) is 79.5 cm³/mol. The molecule has 0 N–H and O–H groups in total. The van der Waals surface area contributed by atoms with E-state index in [4.69, 9.17) is 14.2 Å². The molecular weight excluding hydrogens is 252 g/mol. The molecule has 0 fully saturated rings. The van der Waals surface area contributed by atoms with E-state index in [1.54, 1.807) is 13.2 Å². The lowest BCUT2D eigenvalue weighted by Gasteiger charge is -2.09. The first-order valence-corrected chi connectivity index (χ1v) is 6.41. The molecule has 0 aliphatic heterocycles. The molecule has 0 bridgehead atoms. The molecule has 20 heavy (non-hydrogen) atoms. The summed E-state index contributed by atoms with van der Waals surface area (Å²) in [7, 11) is 1.65. The largest absolute Gasteiger partial charge is 0.497 e. The first kappa shape index (κ1) is 14.0. The van der Waals surface area contributed by atoms with E-state index in [-0.39, 0.29) is 0 Å². The van der Waals surface area contributed by atoms with Gasteiger partial charge in [-0.2, -0.15) is 0 Å². The van der Waals surface area contributed by atoms with E-state index < -0.39 is 0 Å². The van der Waals surface area contributed by atoms with Crippen LogP contribution in [0.5, 0.6) is 17.2 Å². The van der Waals surface area contributed by atoms with Crippen molar-refractivity contribution in [1.29, 1.82) is 0 Å². The second-order valence-corrected chi connectivity index (χ2v) is 4.21. The average molecular weight is 270 g/mol. The third kappa shape index (κ3) is 4.05. The summed E-state index contributed by atoms with van der Waals surface area (Å²) in [6.07, 6.45) is 1.71. The lowest BCUT2D eigenvalue weighted by Crippen LogP contribution is -1.97. The van der Waals surface area contributed by atoms with Crippen LogP contribution in [-0.4, -0.2) is 13.7 Å². The average Bonchev–Trinajstić information content (AvgIpc) is 2.52. The maximum atomic E-state index is 5.74. The Labute approximate surface area is 119 Å². The highest BCUT2D eigenvalue weighted by Crippen LogP contribution is 2.21. The van der Waals surface area contributed by atoms with Crippen molar-refractivity contribution in [2.24, 2.45) is 0 Å². The first-order chi connectivity index (χ1) is 9.81. The second kappa shape index (κ2) is 7.24. The Balaban J connectivity index is 1.93. The van der Waals surface area contributed by atoms with Gasteiger partial charge in [-0.25, -0.2) is 0 Å². The minimum atomic E-state index is 0.488. The SMILES string of the molecule is C=CCOc1cccc(OCc2ccc(OC)cc2)c1. The van der Waals surface area contributed by atoms with Crippen LogP contribution < -0.4 is 14.2 Å². The van der Waals surface area contributed by atoms with Crippen LogP contribution in [0.1, 0.15) is 5.56 Å². The summed E-state index contributed by atoms with van der Waals surface area (Å²) < 4.78 is 16.3. The third-order valence-corrected chi connectivity index (χ3v) is 2.74. The van der Waals surface area contributed by atoms with Crippen LogP contribution in [0.4, 0.5) is 0 Å². The van der Waals surface area contributed by atoms with Crippen LogP contribution in [0, 0.1) is 0 Å². The Morgan fingerprint density at radius 3 is 2.30 bits per heavy atom. The zero-order valence-corrected chi connectivity index (χ0v) is 11.5. The molecule has 0 saturated carbocycles. The summed E-state index contributed by atoms with van der Waals surface area (Å²) in [6, 6.07) is 15.4. The van der Waals surface area contributed by atoms with Crippen LogP contribution in [0.15, 0.2) is 61.2 Å². The van der Waals surface area contributed by atoms with Gasteiger partial charge in [0, 0.05) is 6.07 Å². The first-order valence-electron chi connectivity index (χ1n) is 6.41. The van der Waals surface area contributed by atoms with Gasteiger partial charge in [-0.05, 0) is 29.8 Å². The van der Waals surface area contributed by atoms with Gasteiger partial charge in [0.25, 0.3) is 0 Å². The highest BCUT2D eigenvalue weighted by molar-refractivity contribution is 5.33. The summed E-state index contributed by atoms with van der Waals surface area (Å²) in [5.41, 5.74) is 1.09. The van der Waals surface area contributed by atoms with Gasteiger partial charge in [0.1, 0.15) is 30.5 Å². The molecule has 3 nitrogen and oxygen atoms in total. The highest BCUT2D eigenvalue weighted by Gasteiger charge is 1.99. The van der Waals surface area contributed by atoms with Gasteiger partial charge < -0.3 is 14.2 Å². The predicted octanol–water partition coefficient (Wildman–Crippen LogP) is 3.84. The standard InChI is InChI=1S/C17H18O3/c1-3-11-19-16-5-4-6-17(12-16)20-13-14-7-9-15(18-2)10-8-14/h3-10,12H,1,11,13H2,2H3. The molecule has 2 aromatic rings. The molecule has 3 heteroatoms. The molecular formula is C17H18O3. The van der Waals surface area contributed by atoms with Crippen LogP contribution in [0.3, 0.4) is 0 Å². The summed E-state index contributed by atoms with van der Waals surface area (Å²) in [5, 5.41) is 0. The highest BCUT2D eigenvalue weighted by atomic mass is 16.5. The molecule has 0 spiro atoms. The number of hydrogen-bond donors (Lipinski definition) is 0. The molecule has 0 amide bonds. The van der Waals surface area contributed by atoms with Crippen molar-refractivity contribution in [3.05, 3.63) is 66.7 Å². The van der Waals surface area contributed by atoms with Crippen LogP contribution in [-0.2, 0) is 6.61 Å². The molecule has 2 aromatic carbocycles. The van der Waals surface area contributed by atoms with Crippen LogP contribution >= 0.6 is 0 Å². The fraction of sp³-hybridized carbons (Fsp3) is 0.176. The number of ether oxygens (including phenoxy) is 3. The molecule has 0 radical (unpaired) electrons. The third-order valence-electron chi connectivity index (χ3n) is 2.74. The van der Waals surface area contributed by atoms with Crippen molar-refractivity contribution in [2.75, 3.05) is 13.7 Å². The topological polar surface area (TPSA) is 27.7 Å². The van der Waals surface area contributed by atoms with E-state index in [1.807, 2.05) is 48.5 Å². The molecule has 0 heterocycles. The van der Waals surface area contributed by atoms with Crippen molar-refractivity contribution in [3.63, 3.8) is 0 Å². The van der Waals surface area contributed by atoms with Crippen molar-refractivity contribution in [3.8, 4) is 17.2 Å². The minimum absolute atomic E-state index is 0.488. The molecule has 2 rings (SSSR count). The van der Waals surface area contributed by atoms with Crippen LogP contribution in [0.25, 0.3) is 0 Å². The van der Waals surface area contributed by atoms with E-state index in [0.717, 1.165) is 22.8 Å². The van der Waals surface area contributed by atoms with Gasteiger partial charge in [0.15, 0.2) is 0 Å². The fourth-order valence-corrected chi connectivity index (χ4v) is 1.70. The molecule has 0 aliphatic carbocycles. The van der Waals surface area contributed by atoms with Crippen molar-refractivity contribution in [2.45, 2.75) is 6.61 Å². The summed E-state index contributed by atoms with van der Waals surface area (Å²) in [5.74, 6) is 2.40. The van der Waals surface area contributed by atoms with Crippen LogP contribution in [0.2, 0.25) is 0 Å². The lowest BCUT2D eigenvalue weighted by molar-refractivity contribution is 0.301. The zero-order valence-electron chi connectivity index (χ0n) is 11.5. The summed E-state index contributed by atoms with van der Waals surface area (Å²) in [6.45, 7) is 4.62. The second-order valence-electron chi connectivity index (χ2n) is 4.21. The Morgan fingerprint density at radius 1 is 0.950 bits per heavy atom. The lowest BCUT2D eigenvalue weighted by atomic mass is 10.2. The maximum absolute atomic E-state index is 5.74. The minimum Gasteiger partial charge on any atom is -0.497 e. The van der Waals surface area contributed by atoms with Crippen molar-refractivity contribution in [1.82, 2.24) is 0 Å². The van der Waals surface area contributed by atoms with E-state index in [0.29, 0.717) is 13.2 Å². The molecule has 0 unspecified atom stereocenters. The van der Waals surface area contributed by atoms with Gasteiger partial charge in [-0.1, -0.05) is 30.9 Å². The Kier molecular flexibility index (Phi) is 5.07. The number of benzene rings is 2. The fourth-order valence-electron chi connectivity index (χ4n) is 1.70. The molecule has 0 aliphatic rings. The van der Waals surface area contributed by atoms with Crippen molar-refractivity contribution < 1.29 is 14.2 Å². The quantitative estimate of drug-likeness (QED) is 0.715. The molecule has 104 valence electrons. The Morgan fingerprint density at radius 2 is 1.65 bits per heavy atom. The normalized spacial score (nSPS) is 9.85. The van der Waals surface area contributed by atoms with Crippen molar-refractivity contribution >= 4 is 0 Å². The number of methoxy groups -OCH3 is 1. The molecule has 0 aromatic heterocycles. The van der Waals surface area contributed by atoms with E-state index >= 15 is 0 Å². The number of hydrogen-bond acceptors (Lipinski definition) is 3. The zero-order chi connectivity index (χ0) is 14.2. The van der Waals surface area contributed by atoms with Gasteiger partial charge in [-0.3, -0.25) is 0 Å². The van der Waals surface area contributed by atoms with E-state index in [1.165, 1.54) is 0 Å².